The minimum Gasteiger partial charge on any atom is -0.370 e. The van der Waals surface area contributed by atoms with Crippen LogP contribution < -0.4 is 11.1 Å². The summed E-state index contributed by atoms with van der Waals surface area (Å²) in [6, 6.07) is 8.30. The number of nitrogens with zero attached hydrogens (tertiary/aromatic N) is 1. The molecule has 2 rings (SSSR count). The first-order valence-electron chi connectivity index (χ1n) is 5.91. The van der Waals surface area contributed by atoms with E-state index in [4.69, 9.17) is 5.73 Å². The molecule has 17 heavy (non-hydrogen) atoms. The van der Waals surface area contributed by atoms with Crippen molar-refractivity contribution in [2.75, 3.05) is 13.1 Å². The summed E-state index contributed by atoms with van der Waals surface area (Å²) in [5, 5.41) is 3.24. The summed E-state index contributed by atoms with van der Waals surface area (Å²) in [4.78, 5) is 15.0. The molecule has 0 fully saturated rings. The van der Waals surface area contributed by atoms with E-state index in [-0.39, 0.29) is 5.91 Å². The van der Waals surface area contributed by atoms with Crippen LogP contribution in [-0.2, 0) is 11.2 Å². The molecule has 1 heterocycles. The molecule has 3 N–H and O–H groups in total. The van der Waals surface area contributed by atoms with Gasteiger partial charge in [-0.3, -0.25) is 9.79 Å². The maximum atomic E-state index is 10.6. The molecule has 0 atom stereocenters. The van der Waals surface area contributed by atoms with Crippen LogP contribution in [0.1, 0.15) is 24.0 Å². The third kappa shape index (κ3) is 3.31. The van der Waals surface area contributed by atoms with E-state index < -0.39 is 0 Å². The van der Waals surface area contributed by atoms with Crippen LogP contribution in [0.2, 0.25) is 0 Å². The molecule has 0 unspecified atom stereocenters. The van der Waals surface area contributed by atoms with Crippen molar-refractivity contribution in [2.24, 2.45) is 10.7 Å². The van der Waals surface area contributed by atoms with Gasteiger partial charge < -0.3 is 11.1 Å². The molecule has 1 aliphatic rings. The van der Waals surface area contributed by atoms with Gasteiger partial charge in [0, 0.05) is 18.5 Å². The SMILES string of the molecule is NC(=O)CCCc1ccc(C2=NCCN2)cc1. The minimum absolute atomic E-state index is 0.230. The first-order chi connectivity index (χ1) is 8.25. The highest BCUT2D eigenvalue weighted by Gasteiger charge is 2.07. The van der Waals surface area contributed by atoms with Crippen molar-refractivity contribution in [2.45, 2.75) is 19.3 Å². The molecule has 0 aliphatic carbocycles. The standard InChI is InChI=1S/C13H17N3O/c14-12(17)3-1-2-10-4-6-11(7-5-10)13-15-8-9-16-13/h4-7H,1-3,8-9H2,(H2,14,17)(H,15,16). The average Bonchev–Trinajstić information content (AvgIpc) is 2.83. The van der Waals surface area contributed by atoms with Crippen LogP contribution in [0.5, 0.6) is 0 Å². The van der Waals surface area contributed by atoms with Crippen molar-refractivity contribution >= 4 is 11.7 Å². The van der Waals surface area contributed by atoms with Gasteiger partial charge in [-0.2, -0.15) is 0 Å². The predicted octanol–water partition coefficient (Wildman–Crippen LogP) is 0.844. The molecule has 0 spiro atoms. The molecule has 0 radical (unpaired) electrons. The van der Waals surface area contributed by atoms with E-state index in [1.54, 1.807) is 0 Å². The average molecular weight is 231 g/mol. The van der Waals surface area contributed by atoms with Crippen LogP contribution in [-0.4, -0.2) is 24.8 Å². The van der Waals surface area contributed by atoms with Gasteiger partial charge in [-0.25, -0.2) is 0 Å². The van der Waals surface area contributed by atoms with Crippen LogP contribution in [0, 0.1) is 0 Å². The number of nitrogens with two attached hydrogens (primary N) is 1. The molecular weight excluding hydrogens is 214 g/mol. The van der Waals surface area contributed by atoms with E-state index in [2.05, 4.69) is 34.6 Å². The van der Waals surface area contributed by atoms with Gasteiger partial charge in [0.05, 0.1) is 6.54 Å². The highest BCUT2D eigenvalue weighted by atomic mass is 16.1. The molecule has 1 amide bonds. The number of rotatable bonds is 5. The summed E-state index contributed by atoms with van der Waals surface area (Å²) < 4.78 is 0. The lowest BCUT2D eigenvalue weighted by Gasteiger charge is -2.04. The fourth-order valence-electron chi connectivity index (χ4n) is 1.89. The van der Waals surface area contributed by atoms with Gasteiger partial charge in [-0.15, -0.1) is 0 Å². The Morgan fingerprint density at radius 1 is 1.35 bits per heavy atom. The first-order valence-corrected chi connectivity index (χ1v) is 5.91. The highest BCUT2D eigenvalue weighted by Crippen LogP contribution is 2.09. The van der Waals surface area contributed by atoms with E-state index >= 15 is 0 Å². The monoisotopic (exact) mass is 231 g/mol. The summed E-state index contributed by atoms with van der Waals surface area (Å²) in [5.74, 6) is 0.750. The topological polar surface area (TPSA) is 67.5 Å². The summed E-state index contributed by atoms with van der Waals surface area (Å²) >= 11 is 0. The fraction of sp³-hybridized carbons (Fsp3) is 0.385. The van der Waals surface area contributed by atoms with Gasteiger partial charge in [-0.05, 0) is 18.4 Å². The quantitative estimate of drug-likeness (QED) is 0.788. The molecule has 4 nitrogen and oxygen atoms in total. The van der Waals surface area contributed by atoms with Gasteiger partial charge in [0.25, 0.3) is 0 Å². The van der Waals surface area contributed by atoms with Crippen LogP contribution >= 0.6 is 0 Å². The summed E-state index contributed by atoms with van der Waals surface area (Å²) in [5.41, 5.74) is 7.46. The maximum Gasteiger partial charge on any atom is 0.217 e. The number of amidine groups is 1. The summed E-state index contributed by atoms with van der Waals surface area (Å²) in [6.07, 6.45) is 2.16. The number of nitrogens with one attached hydrogen (secondary N) is 1. The Bertz CT molecular complexity index is 423. The lowest BCUT2D eigenvalue weighted by molar-refractivity contribution is -0.118. The normalized spacial score (nSPS) is 14.2. The van der Waals surface area contributed by atoms with Gasteiger partial charge in [0.1, 0.15) is 5.84 Å². The van der Waals surface area contributed by atoms with Crippen molar-refractivity contribution in [3.05, 3.63) is 35.4 Å². The van der Waals surface area contributed by atoms with Gasteiger partial charge in [-0.1, -0.05) is 24.3 Å². The zero-order chi connectivity index (χ0) is 12.1. The number of hydrogen-bond donors (Lipinski definition) is 2. The number of amides is 1. The lowest BCUT2D eigenvalue weighted by atomic mass is 10.1. The van der Waals surface area contributed by atoms with Crippen molar-refractivity contribution in [3.63, 3.8) is 0 Å². The molecule has 0 saturated carbocycles. The molecule has 4 heteroatoms. The smallest absolute Gasteiger partial charge is 0.217 e. The van der Waals surface area contributed by atoms with Gasteiger partial charge in [0.15, 0.2) is 0 Å². The molecule has 0 bridgehead atoms. The third-order valence-corrected chi connectivity index (χ3v) is 2.79. The Hall–Kier alpha value is -1.84. The minimum atomic E-state index is -0.230. The van der Waals surface area contributed by atoms with Gasteiger partial charge in [0.2, 0.25) is 5.91 Å². The molecule has 1 aromatic rings. The van der Waals surface area contributed by atoms with Crippen molar-refractivity contribution in [1.82, 2.24) is 5.32 Å². The molecule has 1 aliphatic heterocycles. The van der Waals surface area contributed by atoms with Crippen LogP contribution in [0.4, 0.5) is 0 Å². The first kappa shape index (κ1) is 11.6. The Kier molecular flexibility index (Phi) is 3.75. The molecule has 0 aromatic heterocycles. The number of aliphatic imine (C=N–C) groups is 1. The second kappa shape index (κ2) is 5.48. The number of carbonyl (C=O) groups is 1. The second-order valence-electron chi connectivity index (χ2n) is 4.17. The van der Waals surface area contributed by atoms with E-state index in [0.717, 1.165) is 37.3 Å². The third-order valence-electron chi connectivity index (χ3n) is 2.79. The Morgan fingerprint density at radius 3 is 2.71 bits per heavy atom. The Morgan fingerprint density at radius 2 is 2.12 bits per heavy atom. The largest absolute Gasteiger partial charge is 0.370 e. The molecular formula is C13H17N3O. The Balaban J connectivity index is 1.91. The van der Waals surface area contributed by atoms with E-state index in [0.29, 0.717) is 6.42 Å². The highest BCUT2D eigenvalue weighted by molar-refractivity contribution is 5.99. The number of primary amides is 1. The molecule has 1 aromatic carbocycles. The fourth-order valence-corrected chi connectivity index (χ4v) is 1.89. The van der Waals surface area contributed by atoms with Crippen molar-refractivity contribution in [3.8, 4) is 0 Å². The predicted molar refractivity (Wildman–Crippen MR) is 68.0 cm³/mol. The molecule has 0 saturated heterocycles. The maximum absolute atomic E-state index is 10.6. The Labute approximate surface area is 101 Å². The van der Waals surface area contributed by atoms with E-state index in [1.807, 2.05) is 0 Å². The zero-order valence-corrected chi connectivity index (χ0v) is 9.78. The van der Waals surface area contributed by atoms with E-state index in [1.165, 1.54) is 5.56 Å². The summed E-state index contributed by atoms with van der Waals surface area (Å²) in [7, 11) is 0. The van der Waals surface area contributed by atoms with E-state index in [9.17, 15) is 4.79 Å². The number of aryl methyl sites for hydroxylation is 1. The van der Waals surface area contributed by atoms with Crippen molar-refractivity contribution < 1.29 is 4.79 Å². The number of carbonyl (C=O) groups excluding carboxylic acids is 1. The van der Waals surface area contributed by atoms with Gasteiger partial charge >= 0.3 is 0 Å². The van der Waals surface area contributed by atoms with Crippen LogP contribution in [0.15, 0.2) is 29.3 Å². The zero-order valence-electron chi connectivity index (χ0n) is 9.78. The summed E-state index contributed by atoms with van der Waals surface area (Å²) in [6.45, 7) is 1.78. The van der Waals surface area contributed by atoms with Crippen LogP contribution in [0.25, 0.3) is 0 Å². The lowest BCUT2D eigenvalue weighted by Crippen LogP contribution is -2.19. The number of benzene rings is 1. The second-order valence-corrected chi connectivity index (χ2v) is 4.17. The number of hydrogen-bond acceptors (Lipinski definition) is 3. The van der Waals surface area contributed by atoms with Crippen LogP contribution in [0.3, 0.4) is 0 Å². The van der Waals surface area contributed by atoms with Crippen molar-refractivity contribution in [1.29, 1.82) is 0 Å². The molecule has 90 valence electrons.